The van der Waals surface area contributed by atoms with Gasteiger partial charge in [-0.15, -0.1) is 0 Å². The number of primary amides is 1. The molecule has 180 valence electrons. The van der Waals surface area contributed by atoms with Crippen LogP contribution in [0.2, 0.25) is 0 Å². The average Bonchev–Trinajstić information content (AvgIpc) is 2.76. The highest BCUT2D eigenvalue weighted by Crippen LogP contribution is 2.55. The van der Waals surface area contributed by atoms with E-state index in [1.54, 1.807) is 13.8 Å². The van der Waals surface area contributed by atoms with Crippen LogP contribution in [0.3, 0.4) is 0 Å². The number of hydrogen-bond donors (Lipinski definition) is 5. The quantitative estimate of drug-likeness (QED) is 0.319. The van der Waals surface area contributed by atoms with Crippen LogP contribution in [-0.2, 0) is 16.0 Å². The van der Waals surface area contributed by atoms with Gasteiger partial charge >= 0.3 is 0 Å². The molecule has 1 aromatic rings. The van der Waals surface area contributed by atoms with Crippen molar-refractivity contribution in [1.82, 2.24) is 0 Å². The normalized spacial score (nSPS) is 28.4. The van der Waals surface area contributed by atoms with Crippen molar-refractivity contribution in [2.24, 2.45) is 29.4 Å². The number of benzene rings is 1. The summed E-state index contributed by atoms with van der Waals surface area (Å²) in [5, 5.41) is 44.1. The second kappa shape index (κ2) is 7.69. The zero-order valence-electron chi connectivity index (χ0n) is 18.8. The van der Waals surface area contributed by atoms with Crippen molar-refractivity contribution in [3.8, 4) is 11.5 Å². The lowest BCUT2D eigenvalue weighted by molar-refractivity contribution is -0.149. The Kier molecular flexibility index (Phi) is 5.32. The maximum atomic E-state index is 13.5. The number of fused-ring (bicyclic) bond motifs is 3. The summed E-state index contributed by atoms with van der Waals surface area (Å²) in [6.45, 7) is 3.44. The van der Waals surface area contributed by atoms with Crippen LogP contribution in [0, 0.1) is 23.7 Å². The number of phenolic OH excluding ortho intramolecular Hbond substituents is 1. The van der Waals surface area contributed by atoms with E-state index >= 15 is 0 Å². The van der Waals surface area contributed by atoms with Crippen molar-refractivity contribution in [3.05, 3.63) is 45.4 Å². The van der Waals surface area contributed by atoms with E-state index in [0.717, 1.165) is 0 Å². The number of Topliss-reactive ketones (excluding diaryl/α,β-unsaturated/α-hetero) is 2. The van der Waals surface area contributed by atoms with Crippen LogP contribution < -0.4 is 10.5 Å². The highest BCUT2D eigenvalue weighted by atomic mass is 16.5. The fourth-order valence-corrected chi connectivity index (χ4v) is 5.82. The Labute approximate surface area is 194 Å². The number of aliphatic hydroxyl groups excluding tert-OH is 2. The first kappa shape index (κ1) is 23.5. The number of carbonyl (C=O) groups excluding carboxylic acids is 4. The molecule has 0 saturated heterocycles. The predicted molar refractivity (Wildman–Crippen MR) is 116 cm³/mol. The molecule has 0 fully saturated rings. The summed E-state index contributed by atoms with van der Waals surface area (Å²) in [7, 11) is 1.34. The monoisotopic (exact) mass is 471 g/mol. The molecule has 1 amide bonds. The summed E-state index contributed by atoms with van der Waals surface area (Å²) in [5.74, 6) is -8.35. The van der Waals surface area contributed by atoms with Crippen LogP contribution in [0.4, 0.5) is 0 Å². The Bertz CT molecular complexity index is 1230. The number of ether oxygens (including phenoxy) is 1. The van der Waals surface area contributed by atoms with Crippen LogP contribution in [0.15, 0.2) is 28.7 Å². The summed E-state index contributed by atoms with van der Waals surface area (Å²) in [4.78, 5) is 50.1. The Morgan fingerprint density at radius 2 is 1.91 bits per heavy atom. The van der Waals surface area contributed by atoms with Crippen molar-refractivity contribution in [3.63, 3.8) is 0 Å². The maximum Gasteiger partial charge on any atom is 0.255 e. The van der Waals surface area contributed by atoms with Gasteiger partial charge in [0, 0.05) is 23.0 Å². The van der Waals surface area contributed by atoms with Gasteiger partial charge in [-0.1, -0.05) is 13.8 Å². The van der Waals surface area contributed by atoms with E-state index in [4.69, 9.17) is 10.5 Å². The van der Waals surface area contributed by atoms with Crippen LogP contribution in [0.1, 0.15) is 46.5 Å². The molecule has 1 aromatic carbocycles. The third kappa shape index (κ3) is 2.84. The standard InChI is InChI=1S/C24H25NO9/c1-8(2)14-12-5-9-4-11-13(34-3)6-10(7-26)18(27)16(11)20(29)15(9)21(30)24(12,33)22(31)17(19(14)28)23(25)32/h6-9,12,14,27-28,30,33H,4-5H2,1-3H3,(H2,25,32)/t9-,12-,14-,24-/m0/s1. The molecule has 10 nitrogen and oxygen atoms in total. The van der Waals surface area contributed by atoms with Gasteiger partial charge in [0.15, 0.2) is 17.7 Å². The summed E-state index contributed by atoms with van der Waals surface area (Å²) in [6, 6.07) is 1.30. The number of phenols is 1. The molecule has 6 N–H and O–H groups in total. The number of aromatic hydroxyl groups is 1. The van der Waals surface area contributed by atoms with Gasteiger partial charge < -0.3 is 30.9 Å². The third-order valence-electron chi connectivity index (χ3n) is 7.31. The second-order valence-electron chi connectivity index (χ2n) is 9.31. The van der Waals surface area contributed by atoms with Crippen LogP contribution >= 0.6 is 0 Å². The molecule has 4 rings (SSSR count). The fourth-order valence-electron chi connectivity index (χ4n) is 5.82. The largest absolute Gasteiger partial charge is 0.511 e. The van der Waals surface area contributed by atoms with Gasteiger partial charge in [0.05, 0.1) is 18.2 Å². The van der Waals surface area contributed by atoms with Crippen LogP contribution in [0.25, 0.3) is 0 Å². The molecule has 0 unspecified atom stereocenters. The van der Waals surface area contributed by atoms with Gasteiger partial charge in [-0.2, -0.15) is 0 Å². The summed E-state index contributed by atoms with van der Waals surface area (Å²) in [5.41, 5.74) is 1.37. The van der Waals surface area contributed by atoms with Crippen molar-refractivity contribution in [2.75, 3.05) is 7.11 Å². The molecule has 10 heteroatoms. The third-order valence-corrected chi connectivity index (χ3v) is 7.31. The minimum atomic E-state index is -2.67. The molecule has 0 aromatic heterocycles. The maximum absolute atomic E-state index is 13.5. The summed E-state index contributed by atoms with van der Waals surface area (Å²) < 4.78 is 5.32. The minimum absolute atomic E-state index is 0.00507. The molecule has 3 aliphatic rings. The second-order valence-corrected chi connectivity index (χ2v) is 9.31. The lowest BCUT2D eigenvalue weighted by atomic mass is 9.55. The lowest BCUT2D eigenvalue weighted by Crippen LogP contribution is -2.60. The fraction of sp³-hybridized carbons (Fsp3) is 0.417. The molecular weight excluding hydrogens is 446 g/mol. The first-order valence-electron chi connectivity index (χ1n) is 10.8. The topological polar surface area (TPSA) is 184 Å². The van der Waals surface area contributed by atoms with Gasteiger partial charge in [-0.25, -0.2) is 0 Å². The van der Waals surface area contributed by atoms with E-state index in [-0.39, 0.29) is 41.2 Å². The number of ketones is 2. The molecule has 0 heterocycles. The van der Waals surface area contributed by atoms with Crippen molar-refractivity contribution in [2.45, 2.75) is 32.3 Å². The highest BCUT2D eigenvalue weighted by Gasteiger charge is 2.63. The lowest BCUT2D eigenvalue weighted by Gasteiger charge is -2.49. The van der Waals surface area contributed by atoms with Crippen LogP contribution in [-0.4, -0.2) is 56.9 Å². The number of amides is 1. The van der Waals surface area contributed by atoms with Gasteiger partial charge in [-0.3, -0.25) is 19.2 Å². The number of rotatable bonds is 4. The molecule has 4 atom stereocenters. The average molecular weight is 471 g/mol. The minimum Gasteiger partial charge on any atom is -0.511 e. The summed E-state index contributed by atoms with van der Waals surface area (Å²) >= 11 is 0. The molecule has 0 spiro atoms. The zero-order valence-corrected chi connectivity index (χ0v) is 18.8. The highest BCUT2D eigenvalue weighted by molar-refractivity contribution is 6.24. The number of aliphatic hydroxyl groups is 3. The molecule has 0 saturated carbocycles. The van der Waals surface area contributed by atoms with E-state index < -0.39 is 63.7 Å². The SMILES string of the molecule is COc1cc(C=O)c(O)c2c1C[C@H]1C[C@H]3[C@H](C(C)C)C(O)=C(C(N)=O)C(=O)[C@@]3(O)C(O)=C1C2=O. The van der Waals surface area contributed by atoms with Gasteiger partial charge in [0.25, 0.3) is 5.91 Å². The van der Waals surface area contributed by atoms with Gasteiger partial charge in [0.2, 0.25) is 5.78 Å². The number of methoxy groups -OCH3 is 1. The van der Waals surface area contributed by atoms with E-state index in [2.05, 4.69) is 0 Å². The Morgan fingerprint density at radius 3 is 2.44 bits per heavy atom. The number of allylic oxidation sites excluding steroid dienone is 2. The van der Waals surface area contributed by atoms with Crippen molar-refractivity contribution < 1.29 is 44.3 Å². The molecule has 34 heavy (non-hydrogen) atoms. The first-order chi connectivity index (χ1) is 15.9. The van der Waals surface area contributed by atoms with Crippen LogP contribution in [0.5, 0.6) is 11.5 Å². The number of nitrogens with two attached hydrogens (primary N) is 1. The smallest absolute Gasteiger partial charge is 0.255 e. The Hall–Kier alpha value is -3.66. The number of aldehydes is 1. The Morgan fingerprint density at radius 1 is 1.26 bits per heavy atom. The molecule has 0 bridgehead atoms. The number of hydrogen-bond acceptors (Lipinski definition) is 9. The van der Waals surface area contributed by atoms with Crippen molar-refractivity contribution in [1.29, 1.82) is 0 Å². The summed E-state index contributed by atoms with van der Waals surface area (Å²) in [6.07, 6.45) is 0.445. The molecular formula is C24H25NO9. The van der Waals surface area contributed by atoms with Crippen molar-refractivity contribution >= 4 is 23.8 Å². The molecule has 0 radical (unpaired) electrons. The van der Waals surface area contributed by atoms with E-state index in [1.807, 2.05) is 0 Å². The predicted octanol–water partition coefficient (Wildman–Crippen LogP) is 1.28. The first-order valence-corrected chi connectivity index (χ1v) is 10.8. The van der Waals surface area contributed by atoms with E-state index in [9.17, 15) is 39.6 Å². The van der Waals surface area contributed by atoms with E-state index in [0.29, 0.717) is 11.8 Å². The zero-order chi connectivity index (χ0) is 25.3. The van der Waals surface area contributed by atoms with Gasteiger partial charge in [-0.05, 0) is 30.7 Å². The molecule has 0 aliphatic heterocycles. The van der Waals surface area contributed by atoms with E-state index in [1.165, 1.54) is 13.2 Å². The van der Waals surface area contributed by atoms with Gasteiger partial charge in [0.1, 0.15) is 28.6 Å². The number of carbonyl (C=O) groups is 4. The Balaban J connectivity index is 2.00. The molecule has 3 aliphatic carbocycles.